The second kappa shape index (κ2) is 8.54. The second-order valence-corrected chi connectivity index (χ2v) is 7.48. The van der Waals surface area contributed by atoms with Gasteiger partial charge < -0.3 is 23.4 Å². The molecule has 3 aromatic heterocycles. The number of fused-ring (bicyclic) bond motifs is 3. The van der Waals surface area contributed by atoms with Gasteiger partial charge in [-0.05, 0) is 43.7 Å². The lowest BCUT2D eigenvalue weighted by molar-refractivity contribution is -0.139. The van der Waals surface area contributed by atoms with Gasteiger partial charge in [0.25, 0.3) is 0 Å². The Bertz CT molecular complexity index is 1410. The van der Waals surface area contributed by atoms with E-state index in [1.807, 2.05) is 12.1 Å². The van der Waals surface area contributed by atoms with Crippen molar-refractivity contribution >= 4 is 11.6 Å². The summed E-state index contributed by atoms with van der Waals surface area (Å²) in [6, 6.07) is 8.99. The summed E-state index contributed by atoms with van der Waals surface area (Å²) >= 11 is 0. The highest BCUT2D eigenvalue weighted by Crippen LogP contribution is 2.46. The highest BCUT2D eigenvalue weighted by Gasteiger charge is 2.38. The molecule has 0 spiro atoms. The fraction of sp³-hybridized carbons (Fsp3) is 0.250. The second-order valence-electron chi connectivity index (χ2n) is 7.48. The van der Waals surface area contributed by atoms with Crippen LogP contribution in [0.15, 0.2) is 58.7 Å². The van der Waals surface area contributed by atoms with Crippen molar-refractivity contribution in [2.45, 2.75) is 19.8 Å². The van der Waals surface area contributed by atoms with Crippen LogP contribution in [0.4, 0.5) is 0 Å². The molecule has 0 radical (unpaired) electrons. The maximum atomic E-state index is 13.1. The first-order valence-electron chi connectivity index (χ1n) is 10.6. The van der Waals surface area contributed by atoms with Crippen molar-refractivity contribution in [1.29, 1.82) is 0 Å². The Morgan fingerprint density at radius 2 is 2.00 bits per heavy atom. The van der Waals surface area contributed by atoms with Gasteiger partial charge in [-0.3, -0.25) is 0 Å². The number of ether oxygens (including phenoxy) is 4. The Hall–Kier alpha value is -4.34. The van der Waals surface area contributed by atoms with Crippen LogP contribution in [0.2, 0.25) is 0 Å². The minimum absolute atomic E-state index is 0.219. The first-order chi connectivity index (χ1) is 16.5. The first-order valence-corrected chi connectivity index (χ1v) is 10.6. The average Bonchev–Trinajstić information content (AvgIpc) is 3.52. The Kier molecular flexibility index (Phi) is 5.40. The van der Waals surface area contributed by atoms with Gasteiger partial charge in [0.2, 0.25) is 11.7 Å². The fourth-order valence-corrected chi connectivity index (χ4v) is 4.09. The number of esters is 1. The highest BCUT2D eigenvalue weighted by molar-refractivity contribution is 5.93. The molecular weight excluding hydrogens is 440 g/mol. The molecule has 174 valence electrons. The summed E-state index contributed by atoms with van der Waals surface area (Å²) < 4.78 is 29.3. The Morgan fingerprint density at radius 1 is 1.18 bits per heavy atom. The van der Waals surface area contributed by atoms with Crippen LogP contribution in [0.25, 0.3) is 17.2 Å². The third-order valence-electron chi connectivity index (χ3n) is 5.57. The number of nitrogens with zero attached hydrogens (tertiary/aromatic N) is 4. The predicted molar refractivity (Wildman–Crippen MR) is 120 cm³/mol. The maximum absolute atomic E-state index is 13.1. The molecule has 0 saturated heterocycles. The summed E-state index contributed by atoms with van der Waals surface area (Å²) in [4.78, 5) is 22.3. The largest absolute Gasteiger partial charge is 0.493 e. The average molecular weight is 462 g/mol. The van der Waals surface area contributed by atoms with Crippen LogP contribution in [0.3, 0.4) is 0 Å². The van der Waals surface area contributed by atoms with Crippen LogP contribution in [0.1, 0.15) is 30.9 Å². The molecule has 0 N–H and O–H groups in total. The summed E-state index contributed by atoms with van der Waals surface area (Å²) in [7, 11) is 3.12. The number of methoxy groups -OCH3 is 2. The standard InChI is InChI=1S/C24H22N4O6/c1-5-32-24(29)18-13(2)34-23-20(19(18)14-8-9-15(30-3)17(11-14)31-4)22-26-21(16-7-6-10-33-16)27-28(22)12-25-23/h6-12,19H,5H2,1-4H3. The van der Waals surface area contributed by atoms with Gasteiger partial charge in [0.15, 0.2) is 22.9 Å². The highest BCUT2D eigenvalue weighted by atomic mass is 16.5. The van der Waals surface area contributed by atoms with E-state index in [2.05, 4.69) is 10.1 Å². The fourth-order valence-electron chi connectivity index (χ4n) is 4.09. The van der Waals surface area contributed by atoms with E-state index in [-0.39, 0.29) is 6.61 Å². The quantitative estimate of drug-likeness (QED) is 0.396. The van der Waals surface area contributed by atoms with Crippen LogP contribution in [0.5, 0.6) is 17.4 Å². The van der Waals surface area contributed by atoms with Crippen LogP contribution in [0, 0.1) is 0 Å². The third-order valence-corrected chi connectivity index (χ3v) is 5.57. The summed E-state index contributed by atoms with van der Waals surface area (Å²) in [6.07, 6.45) is 3.07. The van der Waals surface area contributed by atoms with E-state index in [9.17, 15) is 4.79 Å². The molecule has 4 aromatic rings. The molecule has 1 aliphatic rings. The van der Waals surface area contributed by atoms with E-state index in [4.69, 9.17) is 28.3 Å². The van der Waals surface area contributed by atoms with Crippen molar-refractivity contribution in [3.63, 3.8) is 0 Å². The van der Waals surface area contributed by atoms with Crippen molar-refractivity contribution in [1.82, 2.24) is 19.6 Å². The third kappa shape index (κ3) is 3.43. The molecule has 4 heterocycles. The number of carbonyl (C=O) groups excluding carboxylic acids is 1. The van der Waals surface area contributed by atoms with Gasteiger partial charge in [0, 0.05) is 0 Å². The van der Waals surface area contributed by atoms with Crippen LogP contribution < -0.4 is 14.2 Å². The van der Waals surface area contributed by atoms with E-state index in [0.717, 1.165) is 5.56 Å². The van der Waals surface area contributed by atoms with Crippen LogP contribution in [-0.2, 0) is 9.53 Å². The molecule has 1 unspecified atom stereocenters. The number of allylic oxidation sites excluding steroid dienone is 1. The van der Waals surface area contributed by atoms with Crippen molar-refractivity contribution in [3.05, 3.63) is 65.4 Å². The van der Waals surface area contributed by atoms with E-state index in [1.165, 1.54) is 10.8 Å². The molecule has 10 heteroatoms. The molecule has 1 atom stereocenters. The number of rotatable bonds is 6. The van der Waals surface area contributed by atoms with Gasteiger partial charge >= 0.3 is 5.97 Å². The molecule has 0 saturated carbocycles. The molecule has 1 aromatic carbocycles. The molecule has 0 amide bonds. The molecule has 0 fully saturated rings. The predicted octanol–water partition coefficient (Wildman–Crippen LogP) is 3.76. The minimum atomic E-state index is -0.604. The number of furan rings is 1. The van der Waals surface area contributed by atoms with Crippen LogP contribution in [-0.4, -0.2) is 46.4 Å². The molecule has 1 aliphatic heterocycles. The lowest BCUT2D eigenvalue weighted by Gasteiger charge is -2.28. The van der Waals surface area contributed by atoms with Crippen molar-refractivity contribution in [2.75, 3.05) is 20.8 Å². The van der Waals surface area contributed by atoms with E-state index in [0.29, 0.717) is 51.5 Å². The van der Waals surface area contributed by atoms with Gasteiger partial charge in [-0.2, -0.15) is 0 Å². The van der Waals surface area contributed by atoms with Gasteiger partial charge in [-0.1, -0.05) is 6.07 Å². The van der Waals surface area contributed by atoms with Gasteiger partial charge in [0.1, 0.15) is 12.1 Å². The topological polar surface area (TPSA) is 110 Å². The van der Waals surface area contributed by atoms with Crippen molar-refractivity contribution < 1.29 is 28.2 Å². The van der Waals surface area contributed by atoms with Crippen molar-refractivity contribution in [3.8, 4) is 29.0 Å². The zero-order valence-electron chi connectivity index (χ0n) is 19.1. The molecule has 10 nitrogen and oxygen atoms in total. The lowest BCUT2D eigenvalue weighted by atomic mass is 9.83. The lowest BCUT2D eigenvalue weighted by Crippen LogP contribution is -2.24. The Morgan fingerprint density at radius 3 is 2.71 bits per heavy atom. The molecule has 34 heavy (non-hydrogen) atoms. The van der Waals surface area contributed by atoms with E-state index in [1.54, 1.807) is 52.5 Å². The first kappa shape index (κ1) is 21.5. The molecule has 5 rings (SSSR count). The summed E-state index contributed by atoms with van der Waals surface area (Å²) in [5.74, 6) is 1.61. The number of hydrogen-bond acceptors (Lipinski definition) is 9. The number of aromatic nitrogens is 4. The maximum Gasteiger partial charge on any atom is 0.338 e. The molecule has 0 aliphatic carbocycles. The summed E-state index contributed by atoms with van der Waals surface area (Å²) in [5.41, 5.74) is 2.15. The Balaban J connectivity index is 1.77. The normalized spacial score (nSPS) is 15.1. The molecular formula is C24H22N4O6. The van der Waals surface area contributed by atoms with Crippen LogP contribution >= 0.6 is 0 Å². The summed E-state index contributed by atoms with van der Waals surface area (Å²) in [5, 5.41) is 4.49. The number of hydrogen-bond donors (Lipinski definition) is 0. The number of carbonyl (C=O) groups is 1. The number of benzene rings is 1. The smallest absolute Gasteiger partial charge is 0.338 e. The van der Waals surface area contributed by atoms with Gasteiger partial charge in [-0.25, -0.2) is 19.3 Å². The van der Waals surface area contributed by atoms with E-state index < -0.39 is 11.9 Å². The minimum Gasteiger partial charge on any atom is -0.493 e. The Labute approximate surface area is 194 Å². The van der Waals surface area contributed by atoms with Gasteiger partial charge in [0.05, 0.1) is 44.1 Å². The van der Waals surface area contributed by atoms with Crippen molar-refractivity contribution in [2.24, 2.45) is 0 Å². The monoisotopic (exact) mass is 462 g/mol. The molecule has 0 bridgehead atoms. The van der Waals surface area contributed by atoms with Gasteiger partial charge in [-0.15, -0.1) is 5.10 Å². The SMILES string of the molecule is CCOC(=O)C1=C(C)Oc2ncn3nc(-c4ccco4)nc3c2C1c1ccc(OC)c(OC)c1. The summed E-state index contributed by atoms with van der Waals surface area (Å²) in [6.45, 7) is 3.69. The van der Waals surface area contributed by atoms with E-state index >= 15 is 0 Å². The zero-order valence-corrected chi connectivity index (χ0v) is 19.1. The zero-order chi connectivity index (χ0) is 23.8.